The van der Waals surface area contributed by atoms with Crippen LogP contribution in [0.1, 0.15) is 15.9 Å². The fourth-order valence-electron chi connectivity index (χ4n) is 1.62. The second kappa shape index (κ2) is 6.08. The van der Waals surface area contributed by atoms with Crippen LogP contribution in [0.4, 0.5) is 5.69 Å². The summed E-state index contributed by atoms with van der Waals surface area (Å²) in [5.41, 5.74) is 7.88. The smallest absolute Gasteiger partial charge is 0.251 e. The van der Waals surface area contributed by atoms with Crippen LogP contribution in [0.2, 0.25) is 5.02 Å². The van der Waals surface area contributed by atoms with Crippen molar-refractivity contribution in [3.05, 3.63) is 63.1 Å². The van der Waals surface area contributed by atoms with Gasteiger partial charge in [0.05, 0.1) is 5.02 Å². The molecule has 98 valence electrons. The van der Waals surface area contributed by atoms with Crippen LogP contribution in [-0.2, 0) is 6.54 Å². The summed E-state index contributed by atoms with van der Waals surface area (Å²) in [5.74, 6) is -0.153. The number of nitrogen functional groups attached to an aromatic ring is 1. The van der Waals surface area contributed by atoms with Crippen LogP contribution >= 0.6 is 27.5 Å². The van der Waals surface area contributed by atoms with Crippen molar-refractivity contribution >= 4 is 39.1 Å². The van der Waals surface area contributed by atoms with Gasteiger partial charge in [-0.2, -0.15) is 0 Å². The number of halogens is 2. The van der Waals surface area contributed by atoms with Gasteiger partial charge in [-0.3, -0.25) is 4.79 Å². The maximum atomic E-state index is 12.0. The third-order valence-electron chi connectivity index (χ3n) is 2.59. The molecule has 0 unspecified atom stereocenters. The summed E-state index contributed by atoms with van der Waals surface area (Å²) in [6, 6.07) is 12.5. The molecule has 2 rings (SSSR count). The molecule has 2 aromatic rings. The van der Waals surface area contributed by atoms with Crippen LogP contribution < -0.4 is 11.1 Å². The summed E-state index contributed by atoms with van der Waals surface area (Å²) < 4.78 is 0.700. The minimum atomic E-state index is -0.153. The fraction of sp³-hybridized carbons (Fsp3) is 0.0714. The Morgan fingerprint density at radius 2 is 2.05 bits per heavy atom. The topological polar surface area (TPSA) is 55.1 Å². The molecule has 0 saturated heterocycles. The highest BCUT2D eigenvalue weighted by Gasteiger charge is 2.07. The minimum Gasteiger partial charge on any atom is -0.399 e. The van der Waals surface area contributed by atoms with E-state index in [4.69, 9.17) is 17.3 Å². The van der Waals surface area contributed by atoms with Crippen LogP contribution in [0.25, 0.3) is 0 Å². The summed E-state index contributed by atoms with van der Waals surface area (Å²) in [6.07, 6.45) is 0. The normalized spacial score (nSPS) is 10.2. The third kappa shape index (κ3) is 3.72. The molecule has 0 heterocycles. The largest absolute Gasteiger partial charge is 0.399 e. The number of carbonyl (C=O) groups is 1. The van der Waals surface area contributed by atoms with Gasteiger partial charge in [-0.1, -0.05) is 23.7 Å². The zero-order chi connectivity index (χ0) is 13.8. The number of hydrogen-bond acceptors (Lipinski definition) is 2. The number of anilines is 1. The van der Waals surface area contributed by atoms with Gasteiger partial charge in [-0.05, 0) is 51.8 Å². The Bertz CT molecular complexity index is 616. The molecule has 19 heavy (non-hydrogen) atoms. The number of amides is 1. The molecular formula is C14H12BrClN2O. The van der Waals surface area contributed by atoms with E-state index in [0.717, 1.165) is 5.56 Å². The van der Waals surface area contributed by atoms with Crippen LogP contribution in [0, 0.1) is 0 Å². The van der Waals surface area contributed by atoms with Gasteiger partial charge in [0.1, 0.15) is 0 Å². The predicted octanol–water partition coefficient (Wildman–Crippen LogP) is 3.61. The molecule has 3 N–H and O–H groups in total. The molecule has 3 nitrogen and oxygen atoms in total. The molecule has 0 saturated carbocycles. The standard InChI is InChI=1S/C14H12BrClN2O/c15-12-7-10(4-5-13(12)16)14(19)18-8-9-2-1-3-11(17)6-9/h1-7H,8,17H2,(H,18,19). The summed E-state index contributed by atoms with van der Waals surface area (Å²) >= 11 is 9.17. The first-order chi connectivity index (χ1) is 9.06. The molecular weight excluding hydrogens is 328 g/mol. The van der Waals surface area contributed by atoms with Crippen molar-refractivity contribution in [3.8, 4) is 0 Å². The zero-order valence-electron chi connectivity index (χ0n) is 9.99. The molecule has 0 radical (unpaired) electrons. The Morgan fingerprint density at radius 1 is 1.26 bits per heavy atom. The van der Waals surface area contributed by atoms with Gasteiger partial charge in [0.2, 0.25) is 0 Å². The van der Waals surface area contributed by atoms with Gasteiger partial charge in [-0.25, -0.2) is 0 Å². The third-order valence-corrected chi connectivity index (χ3v) is 3.80. The highest BCUT2D eigenvalue weighted by molar-refractivity contribution is 9.10. The van der Waals surface area contributed by atoms with E-state index in [9.17, 15) is 4.79 Å². The SMILES string of the molecule is Nc1cccc(CNC(=O)c2ccc(Cl)c(Br)c2)c1. The maximum absolute atomic E-state index is 12.0. The maximum Gasteiger partial charge on any atom is 0.251 e. The number of benzene rings is 2. The molecule has 5 heteroatoms. The number of nitrogens with one attached hydrogen (secondary N) is 1. The number of hydrogen-bond donors (Lipinski definition) is 2. The fourth-order valence-corrected chi connectivity index (χ4v) is 2.12. The Balaban J connectivity index is 2.03. The van der Waals surface area contributed by atoms with Crippen molar-refractivity contribution in [2.24, 2.45) is 0 Å². The van der Waals surface area contributed by atoms with Crippen molar-refractivity contribution in [1.82, 2.24) is 5.32 Å². The van der Waals surface area contributed by atoms with E-state index in [1.165, 1.54) is 0 Å². The Morgan fingerprint density at radius 3 is 2.74 bits per heavy atom. The van der Waals surface area contributed by atoms with Gasteiger partial charge < -0.3 is 11.1 Å². The monoisotopic (exact) mass is 338 g/mol. The Kier molecular flexibility index (Phi) is 4.45. The van der Waals surface area contributed by atoms with E-state index in [2.05, 4.69) is 21.2 Å². The first-order valence-electron chi connectivity index (χ1n) is 5.64. The summed E-state index contributed by atoms with van der Waals surface area (Å²) in [7, 11) is 0. The molecule has 0 aromatic heterocycles. The zero-order valence-corrected chi connectivity index (χ0v) is 12.3. The van der Waals surface area contributed by atoms with Crippen molar-refractivity contribution < 1.29 is 4.79 Å². The molecule has 0 fully saturated rings. The highest BCUT2D eigenvalue weighted by atomic mass is 79.9. The van der Waals surface area contributed by atoms with Crippen molar-refractivity contribution in [2.45, 2.75) is 6.54 Å². The summed E-state index contributed by atoms with van der Waals surface area (Å²) in [6.45, 7) is 0.435. The van der Waals surface area contributed by atoms with E-state index in [-0.39, 0.29) is 5.91 Å². The van der Waals surface area contributed by atoms with Crippen LogP contribution in [0.3, 0.4) is 0 Å². The Hall–Kier alpha value is -1.52. The summed E-state index contributed by atoms with van der Waals surface area (Å²) in [4.78, 5) is 12.0. The second-order valence-corrected chi connectivity index (χ2v) is 5.32. The average molecular weight is 340 g/mol. The highest BCUT2D eigenvalue weighted by Crippen LogP contribution is 2.23. The van der Waals surface area contributed by atoms with Crippen molar-refractivity contribution in [1.29, 1.82) is 0 Å². The second-order valence-electron chi connectivity index (χ2n) is 4.06. The van der Waals surface area contributed by atoms with Crippen LogP contribution in [-0.4, -0.2) is 5.91 Å². The molecule has 0 aliphatic rings. The van der Waals surface area contributed by atoms with Gasteiger partial charge in [-0.15, -0.1) is 0 Å². The van der Waals surface area contributed by atoms with Crippen LogP contribution in [0.5, 0.6) is 0 Å². The van der Waals surface area contributed by atoms with E-state index >= 15 is 0 Å². The number of nitrogens with two attached hydrogens (primary N) is 1. The first kappa shape index (κ1) is 13.9. The molecule has 0 atom stereocenters. The van der Waals surface area contributed by atoms with Gasteiger partial charge in [0.25, 0.3) is 5.91 Å². The van der Waals surface area contributed by atoms with Crippen molar-refractivity contribution in [2.75, 3.05) is 5.73 Å². The molecule has 0 aliphatic carbocycles. The first-order valence-corrected chi connectivity index (χ1v) is 6.81. The molecule has 0 spiro atoms. The van der Waals surface area contributed by atoms with Gasteiger partial charge >= 0.3 is 0 Å². The van der Waals surface area contributed by atoms with Gasteiger partial charge in [0.15, 0.2) is 0 Å². The van der Waals surface area contributed by atoms with E-state index in [1.54, 1.807) is 18.2 Å². The Labute approximate surface area is 124 Å². The predicted molar refractivity (Wildman–Crippen MR) is 81.2 cm³/mol. The van der Waals surface area contributed by atoms with Gasteiger partial charge in [0, 0.05) is 22.3 Å². The minimum absolute atomic E-state index is 0.153. The van der Waals surface area contributed by atoms with Crippen molar-refractivity contribution in [3.63, 3.8) is 0 Å². The lowest BCUT2D eigenvalue weighted by Crippen LogP contribution is -2.22. The molecule has 0 aliphatic heterocycles. The molecule has 0 bridgehead atoms. The average Bonchev–Trinajstić information content (AvgIpc) is 2.39. The lowest BCUT2D eigenvalue weighted by Gasteiger charge is -2.07. The lowest BCUT2D eigenvalue weighted by atomic mass is 10.2. The van der Waals surface area contributed by atoms with E-state index in [0.29, 0.717) is 27.3 Å². The number of rotatable bonds is 3. The van der Waals surface area contributed by atoms with E-state index < -0.39 is 0 Å². The number of carbonyl (C=O) groups excluding carboxylic acids is 1. The molecule has 1 amide bonds. The summed E-state index contributed by atoms with van der Waals surface area (Å²) in [5, 5.41) is 3.41. The molecule has 2 aromatic carbocycles. The lowest BCUT2D eigenvalue weighted by molar-refractivity contribution is 0.0951. The quantitative estimate of drug-likeness (QED) is 0.839. The van der Waals surface area contributed by atoms with E-state index in [1.807, 2.05) is 24.3 Å². The van der Waals surface area contributed by atoms with Crippen LogP contribution in [0.15, 0.2) is 46.9 Å².